The largest absolute Gasteiger partial charge is 0.469 e. The van der Waals surface area contributed by atoms with E-state index in [4.69, 9.17) is 16.0 Å². The maximum Gasteiger partial charge on any atom is 0.226 e. The highest BCUT2D eigenvalue weighted by molar-refractivity contribution is 6.30. The van der Waals surface area contributed by atoms with E-state index in [9.17, 15) is 4.79 Å². The molecule has 1 aliphatic heterocycles. The second-order valence-corrected chi connectivity index (χ2v) is 6.93. The first-order valence-electron chi connectivity index (χ1n) is 8.10. The van der Waals surface area contributed by atoms with Crippen LogP contribution in [-0.2, 0) is 11.8 Å². The number of nitrogens with zero attached hydrogens (tertiary/aromatic N) is 3. The molecule has 2 fully saturated rings. The number of furan rings is 1. The maximum atomic E-state index is 12.9. The second kappa shape index (κ2) is 5.41. The number of aryl methyl sites for hydroxylation is 2. The lowest BCUT2D eigenvalue weighted by atomic mass is 10.1. The summed E-state index contributed by atoms with van der Waals surface area (Å²) in [7, 11) is 1.84. The van der Waals surface area contributed by atoms with Gasteiger partial charge in [0.1, 0.15) is 10.9 Å². The van der Waals surface area contributed by atoms with Crippen LogP contribution in [0, 0.1) is 12.8 Å². The first-order chi connectivity index (χ1) is 11.1. The van der Waals surface area contributed by atoms with Crippen molar-refractivity contribution in [3.05, 3.63) is 40.6 Å². The van der Waals surface area contributed by atoms with Gasteiger partial charge in [-0.25, -0.2) is 0 Å². The Hall–Kier alpha value is -1.75. The molecule has 2 aromatic rings. The summed E-state index contributed by atoms with van der Waals surface area (Å²) in [4.78, 5) is 14.9. The molecule has 3 unspecified atom stereocenters. The van der Waals surface area contributed by atoms with E-state index < -0.39 is 0 Å². The summed E-state index contributed by atoms with van der Waals surface area (Å²) in [5.74, 6) is 1.45. The molecule has 1 saturated carbocycles. The van der Waals surface area contributed by atoms with Crippen LogP contribution >= 0.6 is 11.6 Å². The average Bonchev–Trinajstić information content (AvgIpc) is 2.90. The van der Waals surface area contributed by atoms with Gasteiger partial charge in [0, 0.05) is 31.0 Å². The summed E-state index contributed by atoms with van der Waals surface area (Å²) < 4.78 is 7.14. The van der Waals surface area contributed by atoms with Crippen LogP contribution in [0.3, 0.4) is 0 Å². The van der Waals surface area contributed by atoms with Crippen LogP contribution in [0.1, 0.15) is 48.2 Å². The van der Waals surface area contributed by atoms with Gasteiger partial charge in [-0.05, 0) is 38.3 Å². The lowest BCUT2D eigenvalue weighted by Gasteiger charge is -2.25. The van der Waals surface area contributed by atoms with Crippen LogP contribution in [0.2, 0.25) is 5.15 Å². The van der Waals surface area contributed by atoms with Crippen LogP contribution in [0.15, 0.2) is 22.8 Å². The molecule has 4 rings (SSSR count). The molecule has 3 atom stereocenters. The topological polar surface area (TPSA) is 51.3 Å². The van der Waals surface area contributed by atoms with Gasteiger partial charge in [0.25, 0.3) is 0 Å². The third-order valence-electron chi connectivity index (χ3n) is 5.08. The SMILES string of the molecule is Cc1nn(C)c(Cl)c1C1CCCN1C(=O)C1CC1c1ccco1. The molecule has 23 heavy (non-hydrogen) atoms. The highest BCUT2D eigenvalue weighted by Crippen LogP contribution is 2.50. The molecule has 5 nitrogen and oxygen atoms in total. The van der Waals surface area contributed by atoms with Gasteiger partial charge in [0.2, 0.25) is 5.91 Å². The van der Waals surface area contributed by atoms with Crippen LogP contribution in [-0.4, -0.2) is 27.1 Å². The second-order valence-electron chi connectivity index (χ2n) is 6.57. The fraction of sp³-hybridized carbons (Fsp3) is 0.529. The summed E-state index contributed by atoms with van der Waals surface area (Å²) in [5, 5.41) is 5.04. The van der Waals surface area contributed by atoms with E-state index in [1.165, 1.54) is 0 Å². The standard InChI is InChI=1S/C17H20ClN3O2/c1-10-15(16(18)20(2)19-10)13-5-3-7-21(13)17(22)12-9-11(12)14-6-4-8-23-14/h4,6,8,11-13H,3,5,7,9H2,1-2H3. The Kier molecular flexibility index (Phi) is 3.48. The lowest BCUT2D eigenvalue weighted by molar-refractivity contribution is -0.133. The molecule has 0 N–H and O–H groups in total. The van der Waals surface area contributed by atoms with Gasteiger partial charge in [-0.15, -0.1) is 0 Å². The molecule has 0 radical (unpaired) electrons. The Morgan fingerprint density at radius 1 is 1.48 bits per heavy atom. The molecule has 0 spiro atoms. The smallest absolute Gasteiger partial charge is 0.226 e. The Morgan fingerprint density at radius 2 is 2.30 bits per heavy atom. The van der Waals surface area contributed by atoms with Crippen molar-refractivity contribution in [2.45, 2.75) is 38.1 Å². The van der Waals surface area contributed by atoms with Crippen LogP contribution in [0.4, 0.5) is 0 Å². The van der Waals surface area contributed by atoms with E-state index >= 15 is 0 Å². The van der Waals surface area contributed by atoms with Gasteiger partial charge >= 0.3 is 0 Å². The summed E-state index contributed by atoms with van der Waals surface area (Å²) in [6, 6.07) is 3.90. The quantitative estimate of drug-likeness (QED) is 0.864. The molecule has 2 aliphatic rings. The van der Waals surface area contributed by atoms with E-state index in [1.54, 1.807) is 10.9 Å². The molecule has 6 heteroatoms. The molecule has 3 heterocycles. The fourth-order valence-electron chi connectivity index (χ4n) is 3.85. The molecule has 1 amide bonds. The van der Waals surface area contributed by atoms with Crippen molar-refractivity contribution in [3.8, 4) is 0 Å². The number of carbonyl (C=O) groups is 1. The Labute approximate surface area is 140 Å². The summed E-state index contributed by atoms with van der Waals surface area (Å²) in [5.41, 5.74) is 1.93. The van der Waals surface area contributed by atoms with Crippen LogP contribution in [0.25, 0.3) is 0 Å². The van der Waals surface area contributed by atoms with Crippen LogP contribution < -0.4 is 0 Å². The predicted octanol–water partition coefficient (Wildman–Crippen LogP) is 3.44. The average molecular weight is 334 g/mol. The minimum atomic E-state index is 0.0532. The predicted molar refractivity (Wildman–Crippen MR) is 86.2 cm³/mol. The van der Waals surface area contributed by atoms with Crippen molar-refractivity contribution in [3.63, 3.8) is 0 Å². The fourth-order valence-corrected chi connectivity index (χ4v) is 4.15. The third-order valence-corrected chi connectivity index (χ3v) is 5.53. The van der Waals surface area contributed by atoms with Gasteiger partial charge in [-0.1, -0.05) is 11.6 Å². The third kappa shape index (κ3) is 2.38. The zero-order valence-electron chi connectivity index (χ0n) is 13.3. The molecule has 0 bridgehead atoms. The number of halogens is 1. The molecule has 1 saturated heterocycles. The summed E-state index contributed by atoms with van der Waals surface area (Å²) in [6.45, 7) is 2.76. The number of aromatic nitrogens is 2. The van der Waals surface area contributed by atoms with Crippen molar-refractivity contribution in [1.82, 2.24) is 14.7 Å². The zero-order valence-corrected chi connectivity index (χ0v) is 14.1. The van der Waals surface area contributed by atoms with Crippen molar-refractivity contribution in [2.24, 2.45) is 13.0 Å². The molecule has 2 aromatic heterocycles. The van der Waals surface area contributed by atoms with E-state index in [2.05, 4.69) is 5.10 Å². The highest BCUT2D eigenvalue weighted by atomic mass is 35.5. The van der Waals surface area contributed by atoms with Crippen molar-refractivity contribution in [2.75, 3.05) is 6.54 Å². The molecular formula is C17H20ClN3O2. The van der Waals surface area contributed by atoms with Crippen molar-refractivity contribution >= 4 is 17.5 Å². The molecule has 1 aliphatic carbocycles. The summed E-state index contributed by atoms with van der Waals surface area (Å²) in [6.07, 6.45) is 4.53. The first kappa shape index (κ1) is 14.8. The van der Waals surface area contributed by atoms with Gasteiger partial charge in [-0.3, -0.25) is 9.48 Å². The first-order valence-corrected chi connectivity index (χ1v) is 8.48. The number of hydrogen-bond donors (Lipinski definition) is 0. The Bertz CT molecular complexity index is 737. The van der Waals surface area contributed by atoms with E-state index in [0.29, 0.717) is 5.15 Å². The number of likely N-dealkylation sites (tertiary alicyclic amines) is 1. The van der Waals surface area contributed by atoms with Gasteiger partial charge in [-0.2, -0.15) is 5.10 Å². The Balaban J connectivity index is 1.55. The van der Waals surface area contributed by atoms with Gasteiger partial charge in [0.15, 0.2) is 0 Å². The Morgan fingerprint density at radius 3 is 2.96 bits per heavy atom. The number of hydrogen-bond acceptors (Lipinski definition) is 3. The van der Waals surface area contributed by atoms with Crippen molar-refractivity contribution in [1.29, 1.82) is 0 Å². The maximum absolute atomic E-state index is 12.9. The monoisotopic (exact) mass is 333 g/mol. The highest BCUT2D eigenvalue weighted by Gasteiger charge is 2.49. The van der Waals surface area contributed by atoms with Crippen molar-refractivity contribution < 1.29 is 9.21 Å². The summed E-state index contributed by atoms with van der Waals surface area (Å²) >= 11 is 6.42. The lowest BCUT2D eigenvalue weighted by Crippen LogP contribution is -2.32. The zero-order chi connectivity index (χ0) is 16.1. The number of rotatable bonds is 3. The van der Waals surface area contributed by atoms with E-state index in [1.807, 2.05) is 31.0 Å². The normalized spacial score (nSPS) is 26.7. The van der Waals surface area contributed by atoms with Crippen LogP contribution in [0.5, 0.6) is 0 Å². The number of carbonyl (C=O) groups excluding carboxylic acids is 1. The molecular weight excluding hydrogens is 314 g/mol. The van der Waals surface area contributed by atoms with E-state index in [-0.39, 0.29) is 23.8 Å². The van der Waals surface area contributed by atoms with Gasteiger partial charge < -0.3 is 9.32 Å². The molecule has 0 aromatic carbocycles. The number of amides is 1. The minimum Gasteiger partial charge on any atom is -0.469 e. The molecule has 122 valence electrons. The van der Waals surface area contributed by atoms with Gasteiger partial charge in [0.05, 0.1) is 18.0 Å². The minimum absolute atomic E-state index is 0.0532. The van der Waals surface area contributed by atoms with E-state index in [0.717, 1.165) is 42.8 Å².